The van der Waals surface area contributed by atoms with Crippen LogP contribution in [0, 0.1) is 23.3 Å². The lowest BCUT2D eigenvalue weighted by atomic mass is 10.2. The molecule has 0 spiro atoms. The molecule has 0 bridgehead atoms. The summed E-state index contributed by atoms with van der Waals surface area (Å²) in [7, 11) is 0. The van der Waals surface area contributed by atoms with Crippen molar-refractivity contribution < 1.29 is 31.5 Å². The molecule has 0 radical (unpaired) electrons. The number of halogens is 5. The second-order valence-corrected chi connectivity index (χ2v) is 7.27. The maximum atomic E-state index is 13.7. The highest BCUT2D eigenvalue weighted by Gasteiger charge is 2.21. The standard InChI is InChI=1S/C22H14ClF4N3O3/c23-13-3-1-2-12(8-13)10-30-7-6-18(29-30)28-22(31)17-5-4-14(33-17)11-32-21-19(26)15(24)9-16(25)20(21)27/h1-9H,10-11H2,(H,28,29,31). The molecule has 0 unspecified atom stereocenters. The molecule has 0 aliphatic rings. The van der Waals surface area contributed by atoms with Crippen molar-refractivity contribution in [1.29, 1.82) is 0 Å². The lowest BCUT2D eigenvalue weighted by Crippen LogP contribution is -2.12. The van der Waals surface area contributed by atoms with Gasteiger partial charge in [-0.3, -0.25) is 9.48 Å². The summed E-state index contributed by atoms with van der Waals surface area (Å²) in [6.07, 6.45) is 1.67. The predicted octanol–water partition coefficient (Wildman–Crippen LogP) is 5.57. The molecule has 0 fully saturated rings. The van der Waals surface area contributed by atoms with Gasteiger partial charge < -0.3 is 14.5 Å². The number of amides is 1. The smallest absolute Gasteiger partial charge is 0.292 e. The first kappa shape index (κ1) is 22.4. The summed E-state index contributed by atoms with van der Waals surface area (Å²) < 4.78 is 65.5. The lowest BCUT2D eigenvalue weighted by molar-refractivity contribution is 0.0991. The summed E-state index contributed by atoms with van der Waals surface area (Å²) in [6, 6.07) is 11.5. The largest absolute Gasteiger partial charge is 0.479 e. The number of hydrogen-bond acceptors (Lipinski definition) is 4. The van der Waals surface area contributed by atoms with Crippen molar-refractivity contribution in [2.75, 3.05) is 5.32 Å². The monoisotopic (exact) mass is 479 g/mol. The van der Waals surface area contributed by atoms with Crippen LogP contribution in [-0.2, 0) is 13.2 Å². The minimum Gasteiger partial charge on any atom is -0.479 e. The molecule has 11 heteroatoms. The van der Waals surface area contributed by atoms with E-state index >= 15 is 0 Å². The van der Waals surface area contributed by atoms with Crippen molar-refractivity contribution >= 4 is 23.3 Å². The van der Waals surface area contributed by atoms with Gasteiger partial charge in [0, 0.05) is 23.4 Å². The first-order chi connectivity index (χ1) is 15.8. The summed E-state index contributed by atoms with van der Waals surface area (Å²) in [5, 5.41) is 7.38. The third-order valence-corrected chi connectivity index (χ3v) is 4.67. The summed E-state index contributed by atoms with van der Waals surface area (Å²) in [5.74, 6) is -8.28. The molecule has 4 rings (SSSR count). The van der Waals surface area contributed by atoms with Gasteiger partial charge in [0.05, 0.1) is 6.54 Å². The third-order valence-electron chi connectivity index (χ3n) is 4.43. The van der Waals surface area contributed by atoms with Gasteiger partial charge in [-0.25, -0.2) is 8.78 Å². The zero-order valence-corrected chi connectivity index (χ0v) is 17.4. The van der Waals surface area contributed by atoms with Crippen molar-refractivity contribution in [1.82, 2.24) is 9.78 Å². The van der Waals surface area contributed by atoms with Crippen LogP contribution in [0.5, 0.6) is 5.75 Å². The molecule has 0 aliphatic carbocycles. The van der Waals surface area contributed by atoms with Crippen LogP contribution in [0.25, 0.3) is 0 Å². The second-order valence-electron chi connectivity index (χ2n) is 6.83. The second kappa shape index (κ2) is 9.37. The molecule has 0 aliphatic heterocycles. The average molecular weight is 480 g/mol. The fourth-order valence-electron chi connectivity index (χ4n) is 2.92. The lowest BCUT2D eigenvalue weighted by Gasteiger charge is -2.08. The summed E-state index contributed by atoms with van der Waals surface area (Å²) in [6.45, 7) is -0.134. The zero-order chi connectivity index (χ0) is 23.5. The Bertz CT molecular complexity index is 1300. The highest BCUT2D eigenvalue weighted by Crippen LogP contribution is 2.27. The Hall–Kier alpha value is -3.79. The molecule has 0 saturated heterocycles. The van der Waals surface area contributed by atoms with Crippen molar-refractivity contribution in [2.24, 2.45) is 0 Å². The molecule has 33 heavy (non-hydrogen) atoms. The molecule has 0 saturated carbocycles. The minimum atomic E-state index is -1.67. The van der Waals surface area contributed by atoms with Crippen LogP contribution in [0.1, 0.15) is 21.9 Å². The van der Waals surface area contributed by atoms with Crippen LogP contribution < -0.4 is 10.1 Å². The number of hydrogen-bond donors (Lipinski definition) is 1. The number of benzene rings is 2. The quantitative estimate of drug-likeness (QED) is 0.278. The van der Waals surface area contributed by atoms with Crippen LogP contribution in [0.2, 0.25) is 5.02 Å². The Balaban J connectivity index is 1.37. The molecule has 6 nitrogen and oxygen atoms in total. The van der Waals surface area contributed by atoms with Crippen molar-refractivity contribution in [3.05, 3.63) is 100 Å². The molecule has 1 N–H and O–H groups in total. The van der Waals surface area contributed by atoms with Crippen molar-refractivity contribution in [2.45, 2.75) is 13.2 Å². The van der Waals surface area contributed by atoms with E-state index in [1.165, 1.54) is 12.1 Å². The highest BCUT2D eigenvalue weighted by molar-refractivity contribution is 6.30. The van der Waals surface area contributed by atoms with E-state index < -0.39 is 41.5 Å². The van der Waals surface area contributed by atoms with Crippen molar-refractivity contribution in [3.63, 3.8) is 0 Å². The van der Waals surface area contributed by atoms with E-state index in [1.54, 1.807) is 29.1 Å². The topological polar surface area (TPSA) is 69.3 Å². The fraction of sp³-hybridized carbons (Fsp3) is 0.0909. The Morgan fingerprint density at radius 2 is 1.82 bits per heavy atom. The number of carbonyl (C=O) groups is 1. The normalized spacial score (nSPS) is 10.9. The van der Waals surface area contributed by atoms with E-state index in [2.05, 4.69) is 10.4 Å². The number of nitrogens with zero attached hydrogens (tertiary/aromatic N) is 2. The summed E-state index contributed by atoms with van der Waals surface area (Å²) in [5.41, 5.74) is 0.921. The van der Waals surface area contributed by atoms with Gasteiger partial charge in [0.15, 0.2) is 29.0 Å². The zero-order valence-electron chi connectivity index (χ0n) is 16.6. The maximum Gasteiger partial charge on any atom is 0.292 e. The first-order valence-corrected chi connectivity index (χ1v) is 9.81. The first-order valence-electron chi connectivity index (χ1n) is 9.44. The van der Waals surface area contributed by atoms with Gasteiger partial charge in [0.2, 0.25) is 11.6 Å². The number of anilines is 1. The number of furan rings is 1. The number of carbonyl (C=O) groups excluding carboxylic acids is 1. The molecular weight excluding hydrogens is 466 g/mol. The van der Waals surface area contributed by atoms with Gasteiger partial charge in [-0.2, -0.15) is 13.9 Å². The minimum absolute atomic E-state index is 0.00453. The van der Waals surface area contributed by atoms with Crippen LogP contribution in [0.4, 0.5) is 23.4 Å². The molecule has 2 aromatic carbocycles. The van der Waals surface area contributed by atoms with E-state index in [4.69, 9.17) is 20.8 Å². The summed E-state index contributed by atoms with van der Waals surface area (Å²) in [4.78, 5) is 12.4. The third kappa shape index (κ3) is 5.17. The van der Waals surface area contributed by atoms with Crippen LogP contribution in [0.3, 0.4) is 0 Å². The SMILES string of the molecule is O=C(Nc1ccn(Cc2cccc(Cl)c2)n1)c1ccc(COc2c(F)c(F)cc(F)c2F)o1. The van der Waals surface area contributed by atoms with Gasteiger partial charge in [0.25, 0.3) is 5.91 Å². The van der Waals surface area contributed by atoms with E-state index in [1.807, 2.05) is 12.1 Å². The Labute approximate surface area is 189 Å². The fourth-order valence-corrected chi connectivity index (χ4v) is 3.13. The van der Waals surface area contributed by atoms with Gasteiger partial charge >= 0.3 is 0 Å². The molecule has 2 aromatic heterocycles. The average Bonchev–Trinajstić information content (AvgIpc) is 3.42. The van der Waals surface area contributed by atoms with Gasteiger partial charge in [-0.1, -0.05) is 23.7 Å². The maximum absolute atomic E-state index is 13.7. The van der Waals surface area contributed by atoms with E-state index in [-0.39, 0.29) is 23.4 Å². The number of ether oxygens (including phenoxy) is 1. The molecule has 170 valence electrons. The molecule has 4 aromatic rings. The molecular formula is C22H14ClF4N3O3. The summed E-state index contributed by atoms with van der Waals surface area (Å²) >= 11 is 5.96. The van der Waals surface area contributed by atoms with Crippen LogP contribution in [-0.4, -0.2) is 15.7 Å². The van der Waals surface area contributed by atoms with E-state index in [0.29, 0.717) is 11.6 Å². The van der Waals surface area contributed by atoms with Gasteiger partial charge in [0.1, 0.15) is 12.4 Å². The molecule has 2 heterocycles. The molecule has 0 atom stereocenters. The Morgan fingerprint density at radius 3 is 2.55 bits per heavy atom. The van der Waals surface area contributed by atoms with Crippen LogP contribution in [0.15, 0.2) is 59.1 Å². The highest BCUT2D eigenvalue weighted by atomic mass is 35.5. The predicted molar refractivity (Wildman–Crippen MR) is 110 cm³/mol. The number of rotatable bonds is 7. The Kier molecular flexibility index (Phi) is 6.36. The number of nitrogens with one attached hydrogen (secondary N) is 1. The number of aromatic nitrogens is 2. The van der Waals surface area contributed by atoms with Gasteiger partial charge in [-0.05, 0) is 29.8 Å². The van der Waals surface area contributed by atoms with Crippen LogP contribution >= 0.6 is 11.6 Å². The molecule has 1 amide bonds. The van der Waals surface area contributed by atoms with Gasteiger partial charge in [-0.15, -0.1) is 0 Å². The van der Waals surface area contributed by atoms with Crippen molar-refractivity contribution in [3.8, 4) is 5.75 Å². The Morgan fingerprint density at radius 1 is 1.06 bits per heavy atom. The van der Waals surface area contributed by atoms with E-state index in [0.717, 1.165) is 5.56 Å². The van der Waals surface area contributed by atoms with E-state index in [9.17, 15) is 22.4 Å².